The van der Waals surface area contributed by atoms with E-state index in [4.69, 9.17) is 0 Å². The van der Waals surface area contributed by atoms with Gasteiger partial charge in [-0.1, -0.05) is 20.3 Å². The third-order valence-corrected chi connectivity index (χ3v) is 2.22. The van der Waals surface area contributed by atoms with Crippen LogP contribution in [0.15, 0.2) is 0 Å². The minimum Gasteiger partial charge on any atom is -0.313 e. The monoisotopic (exact) mass is 156 g/mol. The van der Waals surface area contributed by atoms with Crippen LogP contribution in [0.3, 0.4) is 0 Å². The van der Waals surface area contributed by atoms with E-state index >= 15 is 0 Å². The number of hydrogen-bond donors (Lipinski definition) is 2. The summed E-state index contributed by atoms with van der Waals surface area (Å²) < 4.78 is 0. The van der Waals surface area contributed by atoms with Crippen LogP contribution >= 0.6 is 0 Å². The second kappa shape index (κ2) is 4.73. The molecule has 0 spiro atoms. The van der Waals surface area contributed by atoms with Crippen molar-refractivity contribution in [2.45, 2.75) is 45.2 Å². The standard InChI is InChI=1S/C9H20N2/c1-8(2)10-6-7-11-9-4-3-5-9/h8-11H,3-7H2,1-2H3. The van der Waals surface area contributed by atoms with Gasteiger partial charge in [-0.2, -0.15) is 0 Å². The first-order valence-corrected chi connectivity index (χ1v) is 4.76. The summed E-state index contributed by atoms with van der Waals surface area (Å²) in [6.45, 7) is 6.60. The molecule has 11 heavy (non-hydrogen) atoms. The summed E-state index contributed by atoms with van der Waals surface area (Å²) in [7, 11) is 0. The number of hydrogen-bond acceptors (Lipinski definition) is 2. The van der Waals surface area contributed by atoms with Gasteiger partial charge in [0.2, 0.25) is 0 Å². The molecule has 0 heterocycles. The second-order valence-corrected chi connectivity index (χ2v) is 3.69. The van der Waals surface area contributed by atoms with E-state index in [0.29, 0.717) is 6.04 Å². The first-order chi connectivity index (χ1) is 5.29. The predicted octanol–water partition coefficient (Wildman–Crippen LogP) is 1.13. The van der Waals surface area contributed by atoms with Gasteiger partial charge < -0.3 is 10.6 Å². The average molecular weight is 156 g/mol. The minimum atomic E-state index is 0.623. The maximum atomic E-state index is 3.51. The second-order valence-electron chi connectivity index (χ2n) is 3.69. The van der Waals surface area contributed by atoms with Crippen molar-refractivity contribution in [3.05, 3.63) is 0 Å². The van der Waals surface area contributed by atoms with Gasteiger partial charge in [-0.3, -0.25) is 0 Å². The molecule has 2 heteroatoms. The van der Waals surface area contributed by atoms with Crippen LogP contribution in [-0.2, 0) is 0 Å². The zero-order valence-electron chi connectivity index (χ0n) is 7.69. The Balaban J connectivity index is 1.80. The van der Waals surface area contributed by atoms with E-state index < -0.39 is 0 Å². The topological polar surface area (TPSA) is 24.1 Å². The van der Waals surface area contributed by atoms with Crippen molar-refractivity contribution in [3.8, 4) is 0 Å². The summed E-state index contributed by atoms with van der Waals surface area (Å²) in [6.07, 6.45) is 4.21. The fraction of sp³-hybridized carbons (Fsp3) is 1.00. The van der Waals surface area contributed by atoms with E-state index in [-0.39, 0.29) is 0 Å². The van der Waals surface area contributed by atoms with E-state index in [1.54, 1.807) is 0 Å². The Morgan fingerprint density at radius 3 is 2.45 bits per heavy atom. The lowest BCUT2D eigenvalue weighted by Crippen LogP contribution is -2.40. The Labute approximate surface area is 69.8 Å². The molecule has 1 saturated carbocycles. The van der Waals surface area contributed by atoms with Gasteiger partial charge >= 0.3 is 0 Å². The predicted molar refractivity (Wildman–Crippen MR) is 48.8 cm³/mol. The highest BCUT2D eigenvalue weighted by molar-refractivity contribution is 4.76. The molecular weight excluding hydrogens is 136 g/mol. The molecule has 0 unspecified atom stereocenters. The van der Waals surface area contributed by atoms with Crippen molar-refractivity contribution in [2.24, 2.45) is 0 Å². The summed E-state index contributed by atoms with van der Waals surface area (Å²) in [4.78, 5) is 0. The van der Waals surface area contributed by atoms with Crippen molar-refractivity contribution in [1.29, 1.82) is 0 Å². The SMILES string of the molecule is CC(C)NCCNC1CCC1. The van der Waals surface area contributed by atoms with Crippen LogP contribution in [0.5, 0.6) is 0 Å². The highest BCUT2D eigenvalue weighted by Gasteiger charge is 2.15. The normalized spacial score (nSPS) is 18.8. The maximum absolute atomic E-state index is 3.51. The molecule has 0 saturated heterocycles. The fourth-order valence-corrected chi connectivity index (χ4v) is 1.25. The molecule has 1 fully saturated rings. The van der Waals surface area contributed by atoms with Gasteiger partial charge in [-0.25, -0.2) is 0 Å². The molecule has 0 bridgehead atoms. The Kier molecular flexibility index (Phi) is 3.87. The number of nitrogens with one attached hydrogen (secondary N) is 2. The van der Waals surface area contributed by atoms with Crippen molar-refractivity contribution in [2.75, 3.05) is 13.1 Å². The molecule has 2 N–H and O–H groups in total. The van der Waals surface area contributed by atoms with Crippen molar-refractivity contribution >= 4 is 0 Å². The van der Waals surface area contributed by atoms with Gasteiger partial charge in [-0.15, -0.1) is 0 Å². The van der Waals surface area contributed by atoms with Gasteiger partial charge in [0.1, 0.15) is 0 Å². The van der Waals surface area contributed by atoms with Gasteiger partial charge in [0.25, 0.3) is 0 Å². The van der Waals surface area contributed by atoms with E-state index in [1.165, 1.54) is 19.3 Å². The van der Waals surface area contributed by atoms with Crippen molar-refractivity contribution < 1.29 is 0 Å². The summed E-state index contributed by atoms with van der Waals surface area (Å²) >= 11 is 0. The molecular formula is C9H20N2. The molecule has 0 aliphatic heterocycles. The molecule has 0 atom stereocenters. The lowest BCUT2D eigenvalue weighted by molar-refractivity contribution is 0.338. The Morgan fingerprint density at radius 2 is 2.00 bits per heavy atom. The van der Waals surface area contributed by atoms with Crippen LogP contribution in [0.1, 0.15) is 33.1 Å². The molecule has 2 nitrogen and oxygen atoms in total. The summed E-state index contributed by atoms with van der Waals surface area (Å²) in [5.74, 6) is 0. The Morgan fingerprint density at radius 1 is 1.27 bits per heavy atom. The van der Waals surface area contributed by atoms with Crippen molar-refractivity contribution in [1.82, 2.24) is 10.6 Å². The van der Waals surface area contributed by atoms with Crippen LogP contribution in [0, 0.1) is 0 Å². The van der Waals surface area contributed by atoms with E-state index in [9.17, 15) is 0 Å². The van der Waals surface area contributed by atoms with E-state index in [2.05, 4.69) is 24.5 Å². The molecule has 1 rings (SSSR count). The summed E-state index contributed by atoms with van der Waals surface area (Å²) in [6, 6.07) is 1.46. The molecule has 66 valence electrons. The first-order valence-electron chi connectivity index (χ1n) is 4.76. The fourth-order valence-electron chi connectivity index (χ4n) is 1.25. The molecule has 0 radical (unpaired) electrons. The average Bonchev–Trinajstić information content (AvgIpc) is 1.82. The largest absolute Gasteiger partial charge is 0.313 e. The molecule has 0 aromatic carbocycles. The van der Waals surface area contributed by atoms with Crippen LogP contribution in [0.25, 0.3) is 0 Å². The maximum Gasteiger partial charge on any atom is 0.00794 e. The summed E-state index contributed by atoms with van der Waals surface area (Å²) in [5, 5.41) is 6.90. The van der Waals surface area contributed by atoms with Crippen LogP contribution in [-0.4, -0.2) is 25.2 Å². The van der Waals surface area contributed by atoms with Crippen LogP contribution < -0.4 is 10.6 Å². The molecule has 0 amide bonds. The molecule has 1 aliphatic rings. The van der Waals surface area contributed by atoms with Gasteiger partial charge in [0.15, 0.2) is 0 Å². The lowest BCUT2D eigenvalue weighted by atomic mass is 9.93. The number of rotatable bonds is 5. The van der Waals surface area contributed by atoms with Gasteiger partial charge in [0.05, 0.1) is 0 Å². The van der Waals surface area contributed by atoms with Gasteiger partial charge in [0, 0.05) is 25.2 Å². The summed E-state index contributed by atoms with van der Waals surface area (Å²) in [5.41, 5.74) is 0. The quantitative estimate of drug-likeness (QED) is 0.583. The highest BCUT2D eigenvalue weighted by Crippen LogP contribution is 2.17. The van der Waals surface area contributed by atoms with Crippen molar-refractivity contribution in [3.63, 3.8) is 0 Å². The van der Waals surface area contributed by atoms with Crippen LogP contribution in [0.2, 0.25) is 0 Å². The molecule has 0 aromatic heterocycles. The van der Waals surface area contributed by atoms with E-state index in [1.807, 2.05) is 0 Å². The molecule has 0 aromatic rings. The van der Waals surface area contributed by atoms with Crippen LogP contribution in [0.4, 0.5) is 0 Å². The van der Waals surface area contributed by atoms with Gasteiger partial charge in [-0.05, 0) is 12.8 Å². The first kappa shape index (κ1) is 9.01. The lowest BCUT2D eigenvalue weighted by Gasteiger charge is -2.26. The van der Waals surface area contributed by atoms with E-state index in [0.717, 1.165) is 19.1 Å². The Hall–Kier alpha value is -0.0800. The zero-order chi connectivity index (χ0) is 8.10. The highest BCUT2D eigenvalue weighted by atomic mass is 15.0. The third kappa shape index (κ3) is 3.73. The molecule has 1 aliphatic carbocycles. The Bertz CT molecular complexity index is 97.7. The minimum absolute atomic E-state index is 0.623. The smallest absolute Gasteiger partial charge is 0.00794 e. The zero-order valence-corrected chi connectivity index (χ0v) is 7.69. The third-order valence-electron chi connectivity index (χ3n) is 2.22.